The molecule has 0 aliphatic carbocycles. The number of rotatable bonds is 1. The molecule has 0 aromatic carbocycles. The fourth-order valence-electron chi connectivity index (χ4n) is 2.53. The number of amides is 4. The number of carbonyl (C=O) groups is 3. The highest BCUT2D eigenvalue weighted by Gasteiger charge is 2.39. The van der Waals surface area contributed by atoms with E-state index in [9.17, 15) is 14.4 Å². The van der Waals surface area contributed by atoms with Gasteiger partial charge in [-0.3, -0.25) is 14.9 Å². The average molecular weight is 248 g/mol. The van der Waals surface area contributed by atoms with Gasteiger partial charge in [-0.2, -0.15) is 0 Å². The SMILES string of the molecule is O=C1NC(=O)[C@@H]([C@H]2CCNC(=O)c3[nH]ccc32)N1. The standard InChI is InChI=1S/C11H12N4O3/c16-9-7-5(1-3-12-7)6(2-4-13-9)8-10(17)15-11(18)14-8/h1,3,6,8,12H,2,4H2,(H,13,16)(H2,14,15,17,18)/t6-,8+/m0/s1. The van der Waals surface area contributed by atoms with Crippen molar-refractivity contribution in [1.29, 1.82) is 0 Å². The average Bonchev–Trinajstić information content (AvgIpc) is 2.88. The lowest BCUT2D eigenvalue weighted by Crippen LogP contribution is -2.36. The summed E-state index contributed by atoms with van der Waals surface area (Å²) in [7, 11) is 0. The number of hydrogen-bond donors (Lipinski definition) is 4. The summed E-state index contributed by atoms with van der Waals surface area (Å²) in [6.07, 6.45) is 2.27. The zero-order valence-electron chi connectivity index (χ0n) is 9.45. The highest BCUT2D eigenvalue weighted by molar-refractivity contribution is 6.05. The minimum absolute atomic E-state index is 0.178. The maximum Gasteiger partial charge on any atom is 0.322 e. The van der Waals surface area contributed by atoms with E-state index in [0.29, 0.717) is 18.7 Å². The zero-order valence-corrected chi connectivity index (χ0v) is 9.45. The number of fused-ring (bicyclic) bond motifs is 1. The fourth-order valence-corrected chi connectivity index (χ4v) is 2.53. The van der Waals surface area contributed by atoms with Crippen LogP contribution >= 0.6 is 0 Å². The van der Waals surface area contributed by atoms with E-state index in [-0.39, 0.29) is 17.7 Å². The highest BCUT2D eigenvalue weighted by atomic mass is 16.2. The second-order valence-electron chi connectivity index (χ2n) is 4.40. The number of aromatic amines is 1. The Morgan fingerprint density at radius 2 is 2.06 bits per heavy atom. The van der Waals surface area contributed by atoms with E-state index in [1.807, 2.05) is 0 Å². The third-order valence-electron chi connectivity index (χ3n) is 3.35. The van der Waals surface area contributed by atoms with Gasteiger partial charge in [0.15, 0.2) is 0 Å². The molecule has 3 rings (SSSR count). The summed E-state index contributed by atoms with van der Waals surface area (Å²) in [5, 5.41) is 7.56. The molecule has 4 N–H and O–H groups in total. The van der Waals surface area contributed by atoms with E-state index >= 15 is 0 Å². The Morgan fingerprint density at radius 1 is 1.22 bits per heavy atom. The van der Waals surface area contributed by atoms with E-state index < -0.39 is 12.1 Å². The van der Waals surface area contributed by atoms with Crippen LogP contribution in [-0.2, 0) is 4.79 Å². The Balaban J connectivity index is 1.98. The van der Waals surface area contributed by atoms with E-state index in [1.54, 1.807) is 12.3 Å². The Bertz CT molecular complexity index is 536. The molecule has 4 amide bonds. The van der Waals surface area contributed by atoms with Gasteiger partial charge in [-0.1, -0.05) is 0 Å². The number of imide groups is 1. The number of aromatic nitrogens is 1. The van der Waals surface area contributed by atoms with Crippen molar-refractivity contribution in [2.24, 2.45) is 0 Å². The van der Waals surface area contributed by atoms with Gasteiger partial charge in [0, 0.05) is 18.7 Å². The van der Waals surface area contributed by atoms with Crippen LogP contribution in [0.3, 0.4) is 0 Å². The molecule has 0 unspecified atom stereocenters. The van der Waals surface area contributed by atoms with Crippen molar-refractivity contribution < 1.29 is 14.4 Å². The molecule has 7 heteroatoms. The van der Waals surface area contributed by atoms with Crippen LogP contribution in [-0.4, -0.2) is 35.4 Å². The monoisotopic (exact) mass is 248 g/mol. The van der Waals surface area contributed by atoms with E-state index in [1.165, 1.54) is 0 Å². The molecule has 18 heavy (non-hydrogen) atoms. The Morgan fingerprint density at radius 3 is 2.78 bits per heavy atom. The quantitative estimate of drug-likeness (QED) is 0.501. The molecule has 2 aliphatic rings. The maximum absolute atomic E-state index is 11.7. The molecule has 1 fully saturated rings. The summed E-state index contributed by atoms with van der Waals surface area (Å²) < 4.78 is 0. The topological polar surface area (TPSA) is 103 Å². The van der Waals surface area contributed by atoms with E-state index in [4.69, 9.17) is 0 Å². The van der Waals surface area contributed by atoms with Crippen LogP contribution in [0.25, 0.3) is 0 Å². The van der Waals surface area contributed by atoms with Gasteiger partial charge >= 0.3 is 6.03 Å². The summed E-state index contributed by atoms with van der Waals surface area (Å²) >= 11 is 0. The first kappa shape index (κ1) is 10.8. The van der Waals surface area contributed by atoms with E-state index in [2.05, 4.69) is 20.9 Å². The number of carbonyl (C=O) groups excluding carboxylic acids is 3. The van der Waals surface area contributed by atoms with Gasteiger partial charge in [0.1, 0.15) is 11.7 Å². The van der Waals surface area contributed by atoms with E-state index in [0.717, 1.165) is 5.56 Å². The molecule has 2 atom stereocenters. The van der Waals surface area contributed by atoms with Crippen molar-refractivity contribution in [2.45, 2.75) is 18.4 Å². The molecule has 0 spiro atoms. The van der Waals surface area contributed by atoms with Gasteiger partial charge in [-0.25, -0.2) is 4.79 Å². The molecule has 1 saturated heterocycles. The maximum atomic E-state index is 11.7. The summed E-state index contributed by atoms with van der Waals surface area (Å²) in [6.45, 7) is 0.478. The molecule has 94 valence electrons. The number of urea groups is 1. The predicted molar refractivity (Wildman–Crippen MR) is 60.9 cm³/mol. The second-order valence-corrected chi connectivity index (χ2v) is 4.40. The Labute approximate surface area is 102 Å². The summed E-state index contributed by atoms with van der Waals surface area (Å²) in [4.78, 5) is 37.5. The van der Waals surface area contributed by atoms with Gasteiger partial charge < -0.3 is 15.6 Å². The number of nitrogens with one attached hydrogen (secondary N) is 4. The fraction of sp³-hybridized carbons (Fsp3) is 0.364. The normalized spacial score (nSPS) is 27.0. The van der Waals surface area contributed by atoms with Crippen molar-refractivity contribution in [2.75, 3.05) is 6.54 Å². The first-order valence-electron chi connectivity index (χ1n) is 5.73. The third-order valence-corrected chi connectivity index (χ3v) is 3.35. The van der Waals surface area contributed by atoms with Gasteiger partial charge in [0.2, 0.25) is 0 Å². The summed E-state index contributed by atoms with van der Waals surface area (Å²) in [5.41, 5.74) is 1.23. The molecule has 2 aliphatic heterocycles. The molecule has 1 aromatic rings. The Hall–Kier alpha value is -2.31. The Kier molecular flexibility index (Phi) is 2.32. The van der Waals surface area contributed by atoms with Crippen LogP contribution in [0.2, 0.25) is 0 Å². The van der Waals surface area contributed by atoms with Gasteiger partial charge in [0.25, 0.3) is 11.8 Å². The molecule has 3 heterocycles. The smallest absolute Gasteiger partial charge is 0.322 e. The number of H-pyrrole nitrogens is 1. The molecule has 0 bridgehead atoms. The highest BCUT2D eigenvalue weighted by Crippen LogP contribution is 2.29. The lowest BCUT2D eigenvalue weighted by molar-refractivity contribution is -0.120. The van der Waals surface area contributed by atoms with Crippen molar-refractivity contribution in [3.63, 3.8) is 0 Å². The lowest BCUT2D eigenvalue weighted by Gasteiger charge is -2.19. The minimum atomic E-state index is -0.611. The van der Waals surface area contributed by atoms with Crippen LogP contribution in [0.15, 0.2) is 12.3 Å². The lowest BCUT2D eigenvalue weighted by atomic mass is 9.89. The molecule has 7 nitrogen and oxygen atoms in total. The molecule has 0 saturated carbocycles. The first-order valence-corrected chi connectivity index (χ1v) is 5.73. The molecular weight excluding hydrogens is 236 g/mol. The molecule has 1 aromatic heterocycles. The van der Waals surface area contributed by atoms with Crippen LogP contribution < -0.4 is 16.0 Å². The van der Waals surface area contributed by atoms with Crippen molar-refractivity contribution in [3.8, 4) is 0 Å². The van der Waals surface area contributed by atoms with Crippen LogP contribution in [0.4, 0.5) is 4.79 Å². The zero-order chi connectivity index (χ0) is 12.7. The summed E-state index contributed by atoms with van der Waals surface area (Å²) in [5.74, 6) is -0.717. The number of hydrogen-bond acceptors (Lipinski definition) is 3. The van der Waals surface area contributed by atoms with Gasteiger partial charge in [-0.05, 0) is 18.1 Å². The van der Waals surface area contributed by atoms with Crippen LogP contribution in [0.5, 0.6) is 0 Å². The van der Waals surface area contributed by atoms with Crippen LogP contribution in [0, 0.1) is 0 Å². The largest absolute Gasteiger partial charge is 0.357 e. The van der Waals surface area contributed by atoms with Gasteiger partial charge in [-0.15, -0.1) is 0 Å². The minimum Gasteiger partial charge on any atom is -0.357 e. The summed E-state index contributed by atoms with van der Waals surface area (Å²) in [6, 6.07) is 0.688. The van der Waals surface area contributed by atoms with Crippen molar-refractivity contribution in [1.82, 2.24) is 20.9 Å². The molecular formula is C11H12N4O3. The predicted octanol–water partition coefficient (Wildman–Crippen LogP) is -0.560. The third kappa shape index (κ3) is 1.55. The van der Waals surface area contributed by atoms with Gasteiger partial charge in [0.05, 0.1) is 0 Å². The molecule has 0 radical (unpaired) electrons. The van der Waals surface area contributed by atoms with Crippen molar-refractivity contribution >= 4 is 17.8 Å². The second kappa shape index (κ2) is 3.86. The first-order chi connectivity index (χ1) is 8.66. The van der Waals surface area contributed by atoms with Crippen molar-refractivity contribution in [3.05, 3.63) is 23.5 Å². The van der Waals surface area contributed by atoms with Crippen LogP contribution in [0.1, 0.15) is 28.4 Å².